The number of carbonyl (C=O) groups excluding carboxylic acids is 1. The van der Waals surface area contributed by atoms with Crippen LogP contribution in [0.25, 0.3) is 0 Å². The predicted molar refractivity (Wildman–Crippen MR) is 37.8 cm³/mol. The van der Waals surface area contributed by atoms with Crippen LogP contribution in [0.5, 0.6) is 0 Å². The standard InChI is InChI=1S/C6H10ClNO2/c1-3-4(2-9)8-6(10)5(3)7/h3-5,9H,2H2,1H3,(H,8,10)/t3-,4+,5+/m0/s1. The Balaban J connectivity index is 2.61. The average molecular weight is 164 g/mol. The highest BCUT2D eigenvalue weighted by molar-refractivity contribution is 6.31. The number of hydrogen-bond acceptors (Lipinski definition) is 2. The molecule has 1 amide bonds. The van der Waals surface area contributed by atoms with Crippen molar-refractivity contribution in [3.05, 3.63) is 0 Å². The third-order valence-corrected chi connectivity index (χ3v) is 2.47. The summed E-state index contributed by atoms with van der Waals surface area (Å²) in [6, 6.07) is -0.157. The Morgan fingerprint density at radius 1 is 1.80 bits per heavy atom. The lowest BCUT2D eigenvalue weighted by atomic mass is 10.0. The number of nitrogens with one attached hydrogen (secondary N) is 1. The van der Waals surface area contributed by atoms with Crippen LogP contribution in [0.4, 0.5) is 0 Å². The Kier molecular flexibility index (Phi) is 2.16. The normalized spacial score (nSPS) is 39.9. The van der Waals surface area contributed by atoms with Gasteiger partial charge in [-0.3, -0.25) is 4.79 Å². The second kappa shape index (κ2) is 2.76. The van der Waals surface area contributed by atoms with Crippen LogP contribution in [0.1, 0.15) is 6.92 Å². The third-order valence-electron chi connectivity index (χ3n) is 1.87. The molecule has 3 nitrogen and oxygen atoms in total. The SMILES string of the molecule is C[C@H]1[C@@H](CO)NC(=O)[C@@H]1Cl. The quantitative estimate of drug-likeness (QED) is 0.523. The molecule has 3 atom stereocenters. The number of aliphatic hydroxyl groups excluding tert-OH is 1. The van der Waals surface area contributed by atoms with Crippen molar-refractivity contribution in [3.63, 3.8) is 0 Å². The topological polar surface area (TPSA) is 49.3 Å². The molecule has 1 saturated heterocycles. The molecule has 58 valence electrons. The molecule has 4 heteroatoms. The smallest absolute Gasteiger partial charge is 0.238 e. The molecule has 0 unspecified atom stereocenters. The first-order valence-corrected chi connectivity index (χ1v) is 3.65. The van der Waals surface area contributed by atoms with Gasteiger partial charge in [0.15, 0.2) is 0 Å². The number of hydrogen-bond donors (Lipinski definition) is 2. The van der Waals surface area contributed by atoms with Crippen molar-refractivity contribution in [2.45, 2.75) is 18.3 Å². The van der Waals surface area contributed by atoms with Gasteiger partial charge >= 0.3 is 0 Å². The molecule has 1 aliphatic heterocycles. The summed E-state index contributed by atoms with van der Waals surface area (Å²) in [6.45, 7) is 1.81. The van der Waals surface area contributed by atoms with Crippen molar-refractivity contribution in [1.29, 1.82) is 0 Å². The van der Waals surface area contributed by atoms with Crippen LogP contribution >= 0.6 is 11.6 Å². The van der Waals surface area contributed by atoms with E-state index in [2.05, 4.69) is 5.32 Å². The predicted octanol–water partition coefficient (Wildman–Crippen LogP) is -0.279. The fraction of sp³-hybridized carbons (Fsp3) is 0.833. The summed E-state index contributed by atoms with van der Waals surface area (Å²) in [4.78, 5) is 10.8. The fourth-order valence-electron chi connectivity index (χ4n) is 1.05. The highest BCUT2D eigenvalue weighted by Gasteiger charge is 2.37. The molecule has 1 aliphatic rings. The molecular weight excluding hydrogens is 154 g/mol. The average Bonchev–Trinajstić information content (AvgIpc) is 2.17. The van der Waals surface area contributed by atoms with E-state index in [0.29, 0.717) is 0 Å². The molecule has 0 bridgehead atoms. The van der Waals surface area contributed by atoms with Crippen molar-refractivity contribution < 1.29 is 9.90 Å². The Morgan fingerprint density at radius 3 is 2.60 bits per heavy atom. The van der Waals surface area contributed by atoms with E-state index < -0.39 is 5.38 Å². The minimum atomic E-state index is -0.475. The molecule has 0 radical (unpaired) electrons. The molecule has 1 heterocycles. The van der Waals surface area contributed by atoms with Crippen LogP contribution < -0.4 is 5.32 Å². The molecule has 0 spiro atoms. The zero-order valence-electron chi connectivity index (χ0n) is 5.67. The van der Waals surface area contributed by atoms with Gasteiger partial charge in [-0.25, -0.2) is 0 Å². The van der Waals surface area contributed by atoms with Crippen LogP contribution in [-0.2, 0) is 4.79 Å². The number of carbonyl (C=O) groups is 1. The Morgan fingerprint density at radius 2 is 2.40 bits per heavy atom. The van der Waals surface area contributed by atoms with Gasteiger partial charge in [-0.2, -0.15) is 0 Å². The van der Waals surface area contributed by atoms with Gasteiger partial charge in [-0.05, 0) is 0 Å². The summed E-state index contributed by atoms with van der Waals surface area (Å²) in [6.07, 6.45) is 0. The number of halogens is 1. The molecule has 0 saturated carbocycles. The minimum Gasteiger partial charge on any atom is -0.394 e. The molecule has 0 aliphatic carbocycles. The summed E-state index contributed by atoms with van der Waals surface area (Å²) < 4.78 is 0. The number of alkyl halides is 1. The van der Waals surface area contributed by atoms with E-state index in [1.165, 1.54) is 0 Å². The lowest BCUT2D eigenvalue weighted by Crippen LogP contribution is -2.31. The molecular formula is C6H10ClNO2. The van der Waals surface area contributed by atoms with Crippen molar-refractivity contribution >= 4 is 17.5 Å². The Hall–Kier alpha value is -0.280. The van der Waals surface area contributed by atoms with Gasteiger partial charge in [0.1, 0.15) is 5.38 Å². The van der Waals surface area contributed by atoms with Crippen molar-refractivity contribution in [2.75, 3.05) is 6.61 Å². The van der Waals surface area contributed by atoms with Gasteiger partial charge in [0.05, 0.1) is 12.6 Å². The van der Waals surface area contributed by atoms with Gasteiger partial charge < -0.3 is 10.4 Å². The largest absolute Gasteiger partial charge is 0.394 e. The first kappa shape index (κ1) is 7.82. The molecule has 1 fully saturated rings. The van der Waals surface area contributed by atoms with E-state index >= 15 is 0 Å². The fourth-order valence-corrected chi connectivity index (χ4v) is 1.29. The second-order valence-corrected chi connectivity index (χ2v) is 3.03. The molecule has 0 aromatic rings. The van der Waals surface area contributed by atoms with Crippen LogP contribution in [0.3, 0.4) is 0 Å². The molecule has 1 rings (SSSR count). The van der Waals surface area contributed by atoms with Gasteiger partial charge in [-0.1, -0.05) is 6.92 Å². The van der Waals surface area contributed by atoms with Crippen LogP contribution in [-0.4, -0.2) is 29.0 Å². The van der Waals surface area contributed by atoms with Gasteiger partial charge in [0, 0.05) is 5.92 Å². The van der Waals surface area contributed by atoms with Gasteiger partial charge in [-0.15, -0.1) is 11.6 Å². The van der Waals surface area contributed by atoms with E-state index in [9.17, 15) is 4.79 Å². The number of rotatable bonds is 1. The van der Waals surface area contributed by atoms with E-state index in [1.54, 1.807) is 0 Å². The molecule has 0 aromatic carbocycles. The van der Waals surface area contributed by atoms with Crippen molar-refractivity contribution in [3.8, 4) is 0 Å². The van der Waals surface area contributed by atoms with Crippen molar-refractivity contribution in [2.24, 2.45) is 5.92 Å². The molecule has 0 aromatic heterocycles. The van der Waals surface area contributed by atoms with E-state index in [0.717, 1.165) is 0 Å². The van der Waals surface area contributed by atoms with Gasteiger partial charge in [0.2, 0.25) is 5.91 Å². The summed E-state index contributed by atoms with van der Waals surface area (Å²) >= 11 is 5.66. The Bertz CT molecular complexity index is 151. The maximum Gasteiger partial charge on any atom is 0.238 e. The summed E-state index contributed by atoms with van der Waals surface area (Å²) in [5, 5.41) is 10.8. The number of aliphatic hydroxyl groups is 1. The molecule has 2 N–H and O–H groups in total. The zero-order chi connectivity index (χ0) is 7.72. The lowest BCUT2D eigenvalue weighted by molar-refractivity contribution is -0.119. The monoisotopic (exact) mass is 163 g/mol. The van der Waals surface area contributed by atoms with Crippen LogP contribution in [0.2, 0.25) is 0 Å². The minimum absolute atomic E-state index is 0.0270. The lowest BCUT2D eigenvalue weighted by Gasteiger charge is -2.10. The zero-order valence-corrected chi connectivity index (χ0v) is 6.43. The van der Waals surface area contributed by atoms with E-state index in [-0.39, 0.29) is 24.5 Å². The summed E-state index contributed by atoms with van der Waals surface area (Å²) in [5.41, 5.74) is 0. The first-order chi connectivity index (χ1) is 4.66. The first-order valence-electron chi connectivity index (χ1n) is 3.22. The number of amides is 1. The summed E-state index contributed by atoms with van der Waals surface area (Å²) in [7, 11) is 0. The van der Waals surface area contributed by atoms with E-state index in [4.69, 9.17) is 16.7 Å². The Labute approximate surface area is 64.4 Å². The van der Waals surface area contributed by atoms with Crippen LogP contribution in [0.15, 0.2) is 0 Å². The van der Waals surface area contributed by atoms with Gasteiger partial charge in [0.25, 0.3) is 0 Å². The van der Waals surface area contributed by atoms with Crippen molar-refractivity contribution in [1.82, 2.24) is 5.32 Å². The summed E-state index contributed by atoms with van der Waals surface area (Å²) in [5.74, 6) is -0.146. The highest BCUT2D eigenvalue weighted by Crippen LogP contribution is 2.20. The maximum atomic E-state index is 10.8. The van der Waals surface area contributed by atoms with Crippen LogP contribution in [0, 0.1) is 5.92 Å². The molecule has 10 heavy (non-hydrogen) atoms. The maximum absolute atomic E-state index is 10.8. The highest BCUT2D eigenvalue weighted by atomic mass is 35.5. The third kappa shape index (κ3) is 1.11. The van der Waals surface area contributed by atoms with E-state index in [1.807, 2.05) is 6.92 Å². The second-order valence-electron chi connectivity index (χ2n) is 2.56.